The Bertz CT molecular complexity index is 670. The maximum absolute atomic E-state index is 12.3. The Morgan fingerprint density at radius 1 is 1.35 bits per heavy atom. The molecule has 0 saturated carbocycles. The minimum Gasteiger partial charge on any atom is -0.504 e. The number of aromatic nitrogens is 1. The number of anilines is 2. The molecule has 5 nitrogen and oxygen atoms in total. The topological polar surface area (TPSA) is 74.2 Å². The summed E-state index contributed by atoms with van der Waals surface area (Å²) in [4.78, 5) is 16.5. The number of amides is 1. The molecule has 2 aromatic rings. The van der Waals surface area contributed by atoms with Gasteiger partial charge in [0.05, 0.1) is 5.92 Å². The minimum absolute atomic E-state index is 0.0248. The van der Waals surface area contributed by atoms with E-state index >= 15 is 0 Å². The number of aryl methyl sites for hydroxylation is 1. The van der Waals surface area contributed by atoms with Crippen molar-refractivity contribution in [3.63, 3.8) is 0 Å². The van der Waals surface area contributed by atoms with Crippen molar-refractivity contribution in [3.8, 4) is 5.75 Å². The third kappa shape index (κ3) is 2.18. The van der Waals surface area contributed by atoms with Gasteiger partial charge in [-0.2, -0.15) is 0 Å². The molecule has 1 atom stereocenters. The van der Waals surface area contributed by atoms with Crippen molar-refractivity contribution in [2.75, 3.05) is 17.2 Å². The normalized spacial score (nSPS) is 16.4. The molecule has 0 aliphatic carbocycles. The zero-order chi connectivity index (χ0) is 14.1. The molecule has 20 heavy (non-hydrogen) atoms. The van der Waals surface area contributed by atoms with Crippen LogP contribution in [0.5, 0.6) is 5.75 Å². The lowest BCUT2D eigenvalue weighted by atomic mass is 10.0. The summed E-state index contributed by atoms with van der Waals surface area (Å²) in [7, 11) is 0. The lowest BCUT2D eigenvalue weighted by molar-refractivity contribution is -0.117. The van der Waals surface area contributed by atoms with E-state index in [2.05, 4.69) is 15.6 Å². The molecule has 1 aliphatic heterocycles. The maximum Gasteiger partial charge on any atom is 0.235 e. The van der Waals surface area contributed by atoms with Gasteiger partial charge in [0.2, 0.25) is 5.91 Å². The molecule has 3 N–H and O–H groups in total. The van der Waals surface area contributed by atoms with Gasteiger partial charge in [-0.25, -0.2) is 4.98 Å². The fourth-order valence-corrected chi connectivity index (χ4v) is 2.36. The molecule has 0 bridgehead atoms. The second-order valence-corrected chi connectivity index (χ2v) is 4.83. The van der Waals surface area contributed by atoms with E-state index in [0.717, 1.165) is 16.9 Å². The molecule has 0 fully saturated rings. The Morgan fingerprint density at radius 3 is 3.00 bits per heavy atom. The highest BCUT2D eigenvalue weighted by atomic mass is 16.3. The summed E-state index contributed by atoms with van der Waals surface area (Å²) in [6.07, 6.45) is 0. The SMILES string of the molecule is Cc1ccc(O)c(NC(=O)C2CNc3ccccc32)n1. The molecule has 3 rings (SSSR count). The average Bonchev–Trinajstić information content (AvgIpc) is 2.87. The number of rotatable bonds is 2. The van der Waals surface area contributed by atoms with Gasteiger partial charge in [0, 0.05) is 17.9 Å². The van der Waals surface area contributed by atoms with Crippen molar-refractivity contribution in [2.45, 2.75) is 12.8 Å². The van der Waals surface area contributed by atoms with E-state index in [0.29, 0.717) is 6.54 Å². The Kier molecular flexibility index (Phi) is 3.02. The summed E-state index contributed by atoms with van der Waals surface area (Å²) in [5.74, 6) is -0.258. The maximum atomic E-state index is 12.3. The first-order chi connectivity index (χ1) is 9.65. The molecular formula is C15H15N3O2. The second-order valence-electron chi connectivity index (χ2n) is 4.83. The predicted octanol–water partition coefficient (Wildman–Crippen LogP) is 2.24. The van der Waals surface area contributed by atoms with E-state index < -0.39 is 0 Å². The number of para-hydroxylation sites is 1. The third-order valence-electron chi connectivity index (χ3n) is 3.40. The van der Waals surface area contributed by atoms with Crippen LogP contribution in [0, 0.1) is 6.92 Å². The standard InChI is InChI=1S/C15H15N3O2/c1-9-6-7-13(19)14(17-9)18-15(20)11-8-16-12-5-3-2-4-10(11)12/h2-7,11,16,19H,8H2,1H3,(H,17,18,20). The molecule has 1 aromatic carbocycles. The molecule has 2 heterocycles. The molecular weight excluding hydrogens is 254 g/mol. The van der Waals surface area contributed by atoms with Crippen LogP contribution >= 0.6 is 0 Å². The van der Waals surface area contributed by atoms with Crippen molar-refractivity contribution in [1.82, 2.24) is 4.98 Å². The molecule has 1 aliphatic rings. The molecule has 0 saturated heterocycles. The fourth-order valence-electron chi connectivity index (χ4n) is 2.36. The number of hydrogen-bond acceptors (Lipinski definition) is 4. The summed E-state index contributed by atoms with van der Waals surface area (Å²) in [5, 5.41) is 15.6. The molecule has 1 aromatic heterocycles. The Balaban J connectivity index is 1.83. The monoisotopic (exact) mass is 269 g/mol. The number of aromatic hydroxyl groups is 1. The van der Waals surface area contributed by atoms with Crippen LogP contribution in [0.1, 0.15) is 17.2 Å². The van der Waals surface area contributed by atoms with Crippen molar-refractivity contribution in [1.29, 1.82) is 0 Å². The van der Waals surface area contributed by atoms with Gasteiger partial charge in [0.25, 0.3) is 0 Å². The van der Waals surface area contributed by atoms with Gasteiger partial charge < -0.3 is 15.7 Å². The summed E-state index contributed by atoms with van der Waals surface area (Å²) in [6, 6.07) is 10.9. The van der Waals surface area contributed by atoms with Crippen LogP contribution in [0.2, 0.25) is 0 Å². The van der Waals surface area contributed by atoms with Gasteiger partial charge in [-0.15, -0.1) is 0 Å². The van der Waals surface area contributed by atoms with Crippen molar-refractivity contribution in [3.05, 3.63) is 47.7 Å². The van der Waals surface area contributed by atoms with Crippen molar-refractivity contribution >= 4 is 17.4 Å². The Hall–Kier alpha value is -2.56. The van der Waals surface area contributed by atoms with Crippen LogP contribution in [-0.2, 0) is 4.79 Å². The first-order valence-corrected chi connectivity index (χ1v) is 6.45. The Labute approximate surface area is 116 Å². The second kappa shape index (κ2) is 4.85. The smallest absolute Gasteiger partial charge is 0.235 e. The van der Waals surface area contributed by atoms with Crippen molar-refractivity contribution < 1.29 is 9.90 Å². The summed E-state index contributed by atoms with van der Waals surface area (Å²) in [5.41, 5.74) is 2.69. The van der Waals surface area contributed by atoms with Gasteiger partial charge in [-0.1, -0.05) is 18.2 Å². The largest absolute Gasteiger partial charge is 0.504 e. The number of pyridine rings is 1. The summed E-state index contributed by atoms with van der Waals surface area (Å²) < 4.78 is 0. The quantitative estimate of drug-likeness (QED) is 0.781. The van der Waals surface area contributed by atoms with E-state index in [1.54, 1.807) is 6.07 Å². The number of carbonyl (C=O) groups is 1. The van der Waals surface area contributed by atoms with Crippen LogP contribution < -0.4 is 10.6 Å². The third-order valence-corrected chi connectivity index (χ3v) is 3.40. The van der Waals surface area contributed by atoms with Gasteiger partial charge >= 0.3 is 0 Å². The molecule has 5 heteroatoms. The van der Waals surface area contributed by atoms with E-state index in [1.165, 1.54) is 6.07 Å². The fraction of sp³-hybridized carbons (Fsp3) is 0.200. The summed E-state index contributed by atoms with van der Waals surface area (Å²) in [6.45, 7) is 2.36. The molecule has 0 radical (unpaired) electrons. The van der Waals surface area contributed by atoms with Crippen LogP contribution in [-0.4, -0.2) is 22.5 Å². The average molecular weight is 269 g/mol. The van der Waals surface area contributed by atoms with Crippen LogP contribution in [0.4, 0.5) is 11.5 Å². The highest BCUT2D eigenvalue weighted by Gasteiger charge is 2.28. The van der Waals surface area contributed by atoms with Crippen molar-refractivity contribution in [2.24, 2.45) is 0 Å². The van der Waals surface area contributed by atoms with E-state index in [-0.39, 0.29) is 23.4 Å². The zero-order valence-corrected chi connectivity index (χ0v) is 11.1. The molecule has 102 valence electrons. The van der Waals surface area contributed by atoms with E-state index in [1.807, 2.05) is 31.2 Å². The predicted molar refractivity (Wildman–Crippen MR) is 76.9 cm³/mol. The first-order valence-electron chi connectivity index (χ1n) is 6.45. The number of carbonyl (C=O) groups excluding carboxylic acids is 1. The number of fused-ring (bicyclic) bond motifs is 1. The highest BCUT2D eigenvalue weighted by molar-refractivity contribution is 5.98. The lowest BCUT2D eigenvalue weighted by Gasteiger charge is -2.12. The van der Waals surface area contributed by atoms with Gasteiger partial charge in [0.15, 0.2) is 11.6 Å². The summed E-state index contributed by atoms with van der Waals surface area (Å²) >= 11 is 0. The number of nitrogens with one attached hydrogen (secondary N) is 2. The van der Waals surface area contributed by atoms with Gasteiger partial charge in [-0.3, -0.25) is 4.79 Å². The Morgan fingerprint density at radius 2 is 2.15 bits per heavy atom. The first kappa shape index (κ1) is 12.5. The highest BCUT2D eigenvalue weighted by Crippen LogP contribution is 2.32. The van der Waals surface area contributed by atoms with Crippen LogP contribution in [0.25, 0.3) is 0 Å². The molecule has 1 amide bonds. The number of hydrogen-bond donors (Lipinski definition) is 3. The van der Waals surface area contributed by atoms with Crippen LogP contribution in [0.3, 0.4) is 0 Å². The van der Waals surface area contributed by atoms with E-state index in [9.17, 15) is 9.90 Å². The lowest BCUT2D eigenvalue weighted by Crippen LogP contribution is -2.23. The minimum atomic E-state index is -0.270. The van der Waals surface area contributed by atoms with Gasteiger partial charge in [0.1, 0.15) is 0 Å². The van der Waals surface area contributed by atoms with E-state index in [4.69, 9.17) is 0 Å². The number of nitrogens with zero attached hydrogens (tertiary/aromatic N) is 1. The van der Waals surface area contributed by atoms with Gasteiger partial charge in [-0.05, 0) is 30.7 Å². The molecule has 1 unspecified atom stereocenters. The van der Waals surface area contributed by atoms with Crippen LogP contribution in [0.15, 0.2) is 36.4 Å². The molecule has 0 spiro atoms. The number of benzene rings is 1. The zero-order valence-electron chi connectivity index (χ0n) is 11.1.